The number of likely N-dealkylation sites (N-methyl/N-ethyl adjacent to an activating group) is 1. The lowest BCUT2D eigenvalue weighted by molar-refractivity contribution is 0.623. The van der Waals surface area contributed by atoms with Crippen molar-refractivity contribution in [1.82, 2.24) is 5.32 Å². The second-order valence-corrected chi connectivity index (χ2v) is 3.55. The van der Waals surface area contributed by atoms with Gasteiger partial charge in [0.25, 0.3) is 0 Å². The van der Waals surface area contributed by atoms with E-state index in [9.17, 15) is 4.39 Å². The van der Waals surface area contributed by atoms with Gasteiger partial charge < -0.3 is 5.32 Å². The van der Waals surface area contributed by atoms with Crippen molar-refractivity contribution in [2.45, 2.75) is 6.42 Å². The van der Waals surface area contributed by atoms with Crippen LogP contribution in [0, 0.1) is 5.82 Å². The third-order valence-corrected chi connectivity index (χ3v) is 2.04. The van der Waals surface area contributed by atoms with Crippen molar-refractivity contribution in [2.75, 3.05) is 13.6 Å². The highest BCUT2D eigenvalue weighted by Gasteiger charge is 1.97. The Balaban J connectivity index is 2.72. The summed E-state index contributed by atoms with van der Waals surface area (Å²) in [5.41, 5.74) is 1.01. The van der Waals surface area contributed by atoms with Gasteiger partial charge in [0, 0.05) is 4.47 Å². The van der Waals surface area contributed by atoms with Crippen LogP contribution in [-0.2, 0) is 6.42 Å². The summed E-state index contributed by atoms with van der Waals surface area (Å²) >= 11 is 3.24. The van der Waals surface area contributed by atoms with Crippen LogP contribution in [0.5, 0.6) is 0 Å². The molecule has 1 nitrogen and oxygen atoms in total. The van der Waals surface area contributed by atoms with Crippen LogP contribution < -0.4 is 5.32 Å². The summed E-state index contributed by atoms with van der Waals surface area (Å²) in [6.45, 7) is 0.871. The Hall–Kier alpha value is -0.410. The quantitative estimate of drug-likeness (QED) is 0.843. The highest BCUT2D eigenvalue weighted by Crippen LogP contribution is 2.14. The van der Waals surface area contributed by atoms with Gasteiger partial charge in [-0.2, -0.15) is 0 Å². The van der Waals surface area contributed by atoms with Gasteiger partial charge in [0.15, 0.2) is 0 Å². The van der Waals surface area contributed by atoms with E-state index in [4.69, 9.17) is 0 Å². The van der Waals surface area contributed by atoms with Crippen LogP contribution in [0.3, 0.4) is 0 Å². The lowest BCUT2D eigenvalue weighted by atomic mass is 10.1. The SMILES string of the molecule is CNCCc1cc(F)cc(Br)c1. The smallest absolute Gasteiger partial charge is 0.124 e. The second-order valence-electron chi connectivity index (χ2n) is 2.63. The molecule has 1 rings (SSSR count). The molecule has 0 aliphatic heterocycles. The summed E-state index contributed by atoms with van der Waals surface area (Å²) < 4.78 is 13.6. The molecule has 0 bridgehead atoms. The number of rotatable bonds is 3. The minimum Gasteiger partial charge on any atom is -0.319 e. The summed E-state index contributed by atoms with van der Waals surface area (Å²) in [4.78, 5) is 0. The van der Waals surface area contributed by atoms with Gasteiger partial charge in [0.2, 0.25) is 0 Å². The molecule has 0 aliphatic rings. The Morgan fingerprint density at radius 3 is 2.75 bits per heavy atom. The largest absolute Gasteiger partial charge is 0.319 e. The van der Waals surface area contributed by atoms with Crippen LogP contribution in [0.25, 0.3) is 0 Å². The van der Waals surface area contributed by atoms with E-state index >= 15 is 0 Å². The maximum atomic E-state index is 12.8. The van der Waals surface area contributed by atoms with Gasteiger partial charge in [-0.1, -0.05) is 15.9 Å². The molecule has 1 aromatic rings. The molecular formula is C9H11BrFN. The van der Waals surface area contributed by atoms with Gasteiger partial charge in [-0.3, -0.25) is 0 Å². The predicted molar refractivity (Wildman–Crippen MR) is 51.7 cm³/mol. The van der Waals surface area contributed by atoms with Crippen molar-refractivity contribution in [3.05, 3.63) is 34.1 Å². The zero-order chi connectivity index (χ0) is 8.97. The molecule has 0 aliphatic carbocycles. The lowest BCUT2D eigenvalue weighted by Crippen LogP contribution is -2.10. The van der Waals surface area contributed by atoms with Gasteiger partial charge >= 0.3 is 0 Å². The van der Waals surface area contributed by atoms with Gasteiger partial charge in [0.05, 0.1) is 0 Å². The van der Waals surface area contributed by atoms with Crippen molar-refractivity contribution >= 4 is 15.9 Å². The number of hydrogen-bond acceptors (Lipinski definition) is 1. The zero-order valence-electron chi connectivity index (χ0n) is 6.90. The first-order chi connectivity index (χ1) is 5.72. The molecule has 1 aromatic carbocycles. The van der Waals surface area contributed by atoms with Crippen LogP contribution in [0.1, 0.15) is 5.56 Å². The van der Waals surface area contributed by atoms with E-state index in [0.29, 0.717) is 0 Å². The third kappa shape index (κ3) is 2.91. The number of benzene rings is 1. The Morgan fingerprint density at radius 2 is 2.17 bits per heavy atom. The van der Waals surface area contributed by atoms with Crippen molar-refractivity contribution < 1.29 is 4.39 Å². The number of hydrogen-bond donors (Lipinski definition) is 1. The first kappa shape index (κ1) is 9.68. The van der Waals surface area contributed by atoms with E-state index in [1.165, 1.54) is 6.07 Å². The molecule has 0 atom stereocenters. The fourth-order valence-electron chi connectivity index (χ4n) is 1.02. The molecule has 0 saturated heterocycles. The fourth-order valence-corrected chi connectivity index (χ4v) is 1.54. The predicted octanol–water partition coefficient (Wildman–Crippen LogP) is 2.35. The third-order valence-electron chi connectivity index (χ3n) is 1.59. The first-order valence-electron chi connectivity index (χ1n) is 3.82. The van der Waals surface area contributed by atoms with E-state index in [1.807, 2.05) is 13.1 Å². The highest BCUT2D eigenvalue weighted by atomic mass is 79.9. The fraction of sp³-hybridized carbons (Fsp3) is 0.333. The van der Waals surface area contributed by atoms with Crippen LogP contribution in [0.4, 0.5) is 4.39 Å². The number of halogens is 2. The van der Waals surface area contributed by atoms with Gasteiger partial charge in [-0.25, -0.2) is 4.39 Å². The van der Waals surface area contributed by atoms with E-state index in [1.54, 1.807) is 6.07 Å². The highest BCUT2D eigenvalue weighted by molar-refractivity contribution is 9.10. The summed E-state index contributed by atoms with van der Waals surface area (Å²) in [6.07, 6.45) is 0.854. The van der Waals surface area contributed by atoms with Gasteiger partial charge in [0.1, 0.15) is 5.82 Å². The van der Waals surface area contributed by atoms with Crippen molar-refractivity contribution in [2.24, 2.45) is 0 Å². The molecule has 0 amide bonds. The number of nitrogens with one attached hydrogen (secondary N) is 1. The molecule has 66 valence electrons. The molecule has 0 spiro atoms. The normalized spacial score (nSPS) is 10.2. The Morgan fingerprint density at radius 1 is 1.42 bits per heavy atom. The van der Waals surface area contributed by atoms with E-state index in [2.05, 4.69) is 21.2 Å². The Kier molecular flexibility index (Phi) is 3.69. The standard InChI is InChI=1S/C9H11BrFN/c1-12-3-2-7-4-8(10)6-9(11)5-7/h4-6,12H,2-3H2,1H3. The molecule has 0 radical (unpaired) electrons. The van der Waals surface area contributed by atoms with Crippen LogP contribution >= 0.6 is 15.9 Å². The van der Waals surface area contributed by atoms with Crippen LogP contribution in [0.2, 0.25) is 0 Å². The summed E-state index contributed by atoms with van der Waals surface area (Å²) in [7, 11) is 1.88. The maximum absolute atomic E-state index is 12.8. The first-order valence-corrected chi connectivity index (χ1v) is 4.61. The van der Waals surface area contributed by atoms with Crippen LogP contribution in [0.15, 0.2) is 22.7 Å². The summed E-state index contributed by atoms with van der Waals surface area (Å²) in [5.74, 6) is -0.185. The van der Waals surface area contributed by atoms with Crippen molar-refractivity contribution in [3.8, 4) is 0 Å². The average molecular weight is 232 g/mol. The van der Waals surface area contributed by atoms with Crippen LogP contribution in [-0.4, -0.2) is 13.6 Å². The molecule has 0 unspecified atom stereocenters. The Bertz CT molecular complexity index is 242. The second kappa shape index (κ2) is 4.58. The molecular weight excluding hydrogens is 221 g/mol. The molecule has 0 heterocycles. The van der Waals surface area contributed by atoms with Gasteiger partial charge in [-0.05, 0) is 43.8 Å². The van der Waals surface area contributed by atoms with Gasteiger partial charge in [-0.15, -0.1) is 0 Å². The monoisotopic (exact) mass is 231 g/mol. The maximum Gasteiger partial charge on any atom is 0.124 e. The molecule has 3 heteroatoms. The molecule has 0 fully saturated rings. The van der Waals surface area contributed by atoms with E-state index < -0.39 is 0 Å². The lowest BCUT2D eigenvalue weighted by Gasteiger charge is -2.01. The zero-order valence-corrected chi connectivity index (χ0v) is 8.49. The molecule has 0 aromatic heterocycles. The Labute approximate surface area is 80.1 Å². The van der Waals surface area contributed by atoms with E-state index in [-0.39, 0.29) is 5.82 Å². The minimum atomic E-state index is -0.185. The molecule has 1 N–H and O–H groups in total. The topological polar surface area (TPSA) is 12.0 Å². The molecule has 0 saturated carbocycles. The molecule has 12 heavy (non-hydrogen) atoms. The van der Waals surface area contributed by atoms with E-state index in [0.717, 1.165) is 23.0 Å². The van der Waals surface area contributed by atoms with Crippen molar-refractivity contribution in [1.29, 1.82) is 0 Å². The minimum absolute atomic E-state index is 0.185. The average Bonchev–Trinajstić information content (AvgIpc) is 1.99. The summed E-state index contributed by atoms with van der Waals surface area (Å²) in [6, 6.07) is 4.95. The summed E-state index contributed by atoms with van der Waals surface area (Å²) in [5, 5.41) is 3.02. The van der Waals surface area contributed by atoms with Crippen molar-refractivity contribution in [3.63, 3.8) is 0 Å².